The van der Waals surface area contributed by atoms with Crippen LogP contribution < -0.4 is 5.73 Å². The van der Waals surface area contributed by atoms with Gasteiger partial charge in [0.05, 0.1) is 23.7 Å². The van der Waals surface area contributed by atoms with E-state index in [1.54, 1.807) is 6.07 Å². The first kappa shape index (κ1) is 14.8. The van der Waals surface area contributed by atoms with Crippen molar-refractivity contribution in [3.63, 3.8) is 0 Å². The molecule has 1 saturated heterocycles. The highest BCUT2D eigenvalue weighted by molar-refractivity contribution is 5.96. The fourth-order valence-corrected chi connectivity index (χ4v) is 3.35. The van der Waals surface area contributed by atoms with E-state index in [2.05, 4.69) is 0 Å². The summed E-state index contributed by atoms with van der Waals surface area (Å²) in [7, 11) is 0. The summed E-state index contributed by atoms with van der Waals surface area (Å²) in [6, 6.07) is 4.32. The second kappa shape index (κ2) is 5.92. The van der Waals surface area contributed by atoms with Crippen LogP contribution in [0.15, 0.2) is 18.2 Å². The smallest absolute Gasteiger partial charge is 0.292 e. The first-order chi connectivity index (χ1) is 10.6. The lowest BCUT2D eigenvalue weighted by Crippen LogP contribution is -2.54. The van der Waals surface area contributed by atoms with Crippen LogP contribution in [0.4, 0.5) is 11.4 Å². The minimum Gasteiger partial charge on any atom is -0.393 e. The van der Waals surface area contributed by atoms with E-state index in [1.807, 2.05) is 4.90 Å². The molecule has 1 aliphatic heterocycles. The highest BCUT2D eigenvalue weighted by atomic mass is 16.6. The van der Waals surface area contributed by atoms with Crippen molar-refractivity contribution in [2.75, 3.05) is 18.9 Å². The minimum atomic E-state index is -0.561. The van der Waals surface area contributed by atoms with E-state index in [1.165, 1.54) is 12.1 Å². The van der Waals surface area contributed by atoms with Gasteiger partial charge in [0.15, 0.2) is 0 Å². The van der Waals surface area contributed by atoms with Crippen LogP contribution in [0.1, 0.15) is 36.0 Å². The zero-order valence-electron chi connectivity index (χ0n) is 12.2. The number of benzene rings is 1. The van der Waals surface area contributed by atoms with Gasteiger partial charge in [0, 0.05) is 18.2 Å². The number of hydrogen-bond acceptors (Lipinski definition) is 5. The van der Waals surface area contributed by atoms with Gasteiger partial charge in [-0.15, -0.1) is 0 Å². The lowest BCUT2D eigenvalue weighted by Gasteiger charge is -2.43. The molecule has 7 nitrogen and oxygen atoms in total. The molecule has 22 heavy (non-hydrogen) atoms. The number of carbonyl (C=O) groups excluding carboxylic acids is 1. The molecule has 0 bridgehead atoms. The fourth-order valence-electron chi connectivity index (χ4n) is 3.35. The maximum atomic E-state index is 12.7. The van der Waals surface area contributed by atoms with Crippen molar-refractivity contribution < 1.29 is 14.5 Å². The zero-order chi connectivity index (χ0) is 15.7. The monoisotopic (exact) mass is 305 g/mol. The van der Waals surface area contributed by atoms with Crippen LogP contribution in [-0.4, -0.2) is 41.0 Å². The van der Waals surface area contributed by atoms with E-state index in [4.69, 9.17) is 10.5 Å². The minimum absolute atomic E-state index is 0.0686. The number of fused-ring (bicyclic) bond motifs is 1. The van der Waals surface area contributed by atoms with E-state index in [-0.39, 0.29) is 29.4 Å². The van der Waals surface area contributed by atoms with Gasteiger partial charge < -0.3 is 15.4 Å². The number of nitro benzene ring substituents is 1. The van der Waals surface area contributed by atoms with Gasteiger partial charge in [-0.2, -0.15) is 0 Å². The molecule has 0 radical (unpaired) electrons. The number of rotatable bonds is 2. The average Bonchev–Trinajstić information content (AvgIpc) is 2.54. The molecule has 2 aliphatic rings. The summed E-state index contributed by atoms with van der Waals surface area (Å²) in [5.41, 5.74) is 5.75. The molecule has 1 aliphatic carbocycles. The summed E-state index contributed by atoms with van der Waals surface area (Å²) in [6.07, 6.45) is 4.19. The fraction of sp³-hybridized carbons (Fsp3) is 0.533. The van der Waals surface area contributed by atoms with Gasteiger partial charge in [0.2, 0.25) is 0 Å². The summed E-state index contributed by atoms with van der Waals surface area (Å²) >= 11 is 0. The van der Waals surface area contributed by atoms with Crippen LogP contribution in [0, 0.1) is 10.1 Å². The molecule has 1 amide bonds. The van der Waals surface area contributed by atoms with Crippen molar-refractivity contribution in [3.05, 3.63) is 33.9 Å². The average molecular weight is 305 g/mol. The Morgan fingerprint density at radius 1 is 1.36 bits per heavy atom. The standard InChI is InChI=1S/C15H19N3O4/c16-11-6-5-10(9-13(11)18(20)21)15(19)17-7-8-22-14-4-2-1-3-12(14)17/h5-6,9,12,14H,1-4,7-8,16H2/t12-,14-/m0/s1. The van der Waals surface area contributed by atoms with Crippen LogP contribution in [0.2, 0.25) is 0 Å². The Kier molecular flexibility index (Phi) is 3.98. The lowest BCUT2D eigenvalue weighted by molar-refractivity contribution is -0.383. The Hall–Kier alpha value is -2.15. The first-order valence-electron chi connectivity index (χ1n) is 7.54. The number of morpholine rings is 1. The molecule has 2 fully saturated rings. The van der Waals surface area contributed by atoms with Crippen molar-refractivity contribution in [2.24, 2.45) is 0 Å². The maximum absolute atomic E-state index is 12.7. The Labute approximate surface area is 128 Å². The number of anilines is 1. The number of amides is 1. The summed E-state index contributed by atoms with van der Waals surface area (Å²) in [6.45, 7) is 1.04. The van der Waals surface area contributed by atoms with Crippen LogP contribution in [0.25, 0.3) is 0 Å². The summed E-state index contributed by atoms with van der Waals surface area (Å²) in [4.78, 5) is 25.0. The van der Waals surface area contributed by atoms with Crippen molar-refractivity contribution in [1.29, 1.82) is 0 Å². The highest BCUT2D eigenvalue weighted by Crippen LogP contribution is 2.30. The van der Waals surface area contributed by atoms with E-state index in [0.29, 0.717) is 18.7 Å². The second-order valence-corrected chi connectivity index (χ2v) is 5.79. The molecule has 0 aromatic heterocycles. The molecule has 2 atom stereocenters. The van der Waals surface area contributed by atoms with Crippen LogP contribution >= 0.6 is 0 Å². The van der Waals surface area contributed by atoms with Crippen LogP contribution in [0.5, 0.6) is 0 Å². The SMILES string of the molecule is Nc1ccc(C(=O)N2CCO[C@H]3CCCC[C@@H]32)cc1[N+](=O)[O-]. The topological polar surface area (TPSA) is 98.7 Å². The molecule has 3 rings (SSSR count). The van der Waals surface area contributed by atoms with Gasteiger partial charge in [0.25, 0.3) is 11.6 Å². The Balaban J connectivity index is 1.86. The second-order valence-electron chi connectivity index (χ2n) is 5.79. The van der Waals surface area contributed by atoms with E-state index >= 15 is 0 Å². The Morgan fingerprint density at radius 3 is 2.91 bits per heavy atom. The van der Waals surface area contributed by atoms with Gasteiger partial charge in [-0.1, -0.05) is 12.8 Å². The molecular weight excluding hydrogens is 286 g/mol. The predicted octanol–water partition coefficient (Wildman–Crippen LogP) is 1.96. The summed E-state index contributed by atoms with van der Waals surface area (Å²) < 4.78 is 5.76. The summed E-state index contributed by atoms with van der Waals surface area (Å²) in [5.74, 6) is -0.177. The molecule has 118 valence electrons. The zero-order valence-corrected chi connectivity index (χ0v) is 12.2. The van der Waals surface area contributed by atoms with Crippen molar-refractivity contribution in [3.8, 4) is 0 Å². The Morgan fingerprint density at radius 2 is 2.14 bits per heavy atom. The molecule has 7 heteroatoms. The number of nitrogens with zero attached hydrogens (tertiary/aromatic N) is 2. The molecule has 0 spiro atoms. The van der Waals surface area contributed by atoms with E-state index in [9.17, 15) is 14.9 Å². The quantitative estimate of drug-likeness (QED) is 0.511. The van der Waals surface area contributed by atoms with Crippen molar-refractivity contribution in [2.45, 2.75) is 37.8 Å². The first-order valence-corrected chi connectivity index (χ1v) is 7.54. The lowest BCUT2D eigenvalue weighted by atomic mass is 9.89. The molecule has 1 aromatic carbocycles. The van der Waals surface area contributed by atoms with Gasteiger partial charge in [-0.05, 0) is 25.0 Å². The molecule has 2 N–H and O–H groups in total. The highest BCUT2D eigenvalue weighted by Gasteiger charge is 2.37. The number of carbonyl (C=O) groups is 1. The normalized spacial score (nSPS) is 24.6. The number of hydrogen-bond donors (Lipinski definition) is 1. The van der Waals surface area contributed by atoms with E-state index in [0.717, 1.165) is 25.7 Å². The number of ether oxygens (including phenoxy) is 1. The molecule has 1 heterocycles. The van der Waals surface area contributed by atoms with Crippen LogP contribution in [-0.2, 0) is 4.74 Å². The van der Waals surface area contributed by atoms with Gasteiger partial charge in [-0.3, -0.25) is 14.9 Å². The third-order valence-electron chi connectivity index (χ3n) is 4.47. The number of nitrogen functional groups attached to an aromatic ring is 1. The third kappa shape index (κ3) is 2.64. The van der Waals surface area contributed by atoms with Gasteiger partial charge in [0.1, 0.15) is 5.69 Å². The van der Waals surface area contributed by atoms with Gasteiger partial charge in [-0.25, -0.2) is 0 Å². The Bertz CT molecular complexity index is 602. The van der Waals surface area contributed by atoms with Gasteiger partial charge >= 0.3 is 0 Å². The number of nitro groups is 1. The third-order valence-corrected chi connectivity index (χ3v) is 4.47. The predicted molar refractivity (Wildman–Crippen MR) is 80.5 cm³/mol. The van der Waals surface area contributed by atoms with Crippen molar-refractivity contribution >= 4 is 17.3 Å². The molecule has 1 aromatic rings. The van der Waals surface area contributed by atoms with Crippen LogP contribution in [0.3, 0.4) is 0 Å². The molecule has 1 saturated carbocycles. The maximum Gasteiger partial charge on any atom is 0.292 e. The van der Waals surface area contributed by atoms with E-state index < -0.39 is 4.92 Å². The molecular formula is C15H19N3O4. The summed E-state index contributed by atoms with van der Waals surface area (Å²) in [5, 5.41) is 11.0. The molecule has 0 unspecified atom stereocenters. The van der Waals surface area contributed by atoms with Crippen molar-refractivity contribution in [1.82, 2.24) is 4.90 Å². The largest absolute Gasteiger partial charge is 0.393 e. The number of nitrogens with two attached hydrogens (primary N) is 1.